The SMILES string of the molecule is Brc1cncc(CN2CCN(c3ccncc3)CC2)c1.CC1(C)OB(c2cccc(N3Cc4cccc(Cl)c4C3=O)c2)OC1(C)C.O=C1c2c(Cl)cccc2CN1c1cccc(-c2cncc(CN3CCN(c4ccncc4)CC3)c2)c1. The molecule has 0 bridgehead atoms. The molecule has 9 heterocycles. The Morgan fingerprint density at radius 1 is 0.500 bits per heavy atom. The van der Waals surface area contributed by atoms with Gasteiger partial charge in [0.15, 0.2) is 0 Å². The van der Waals surface area contributed by atoms with Crippen LogP contribution >= 0.6 is 39.1 Å². The highest BCUT2D eigenvalue weighted by Gasteiger charge is 2.52. The molecule has 0 atom stereocenters. The molecule has 18 heteroatoms. The number of benzene rings is 4. The van der Waals surface area contributed by atoms with Crippen LogP contribution in [0, 0.1) is 0 Å². The number of hydrogen-bond donors (Lipinski definition) is 0. The summed E-state index contributed by atoms with van der Waals surface area (Å²) in [4.78, 5) is 56.2. The molecule has 2 amide bonds. The number of nitrogens with zero attached hydrogens (tertiary/aromatic N) is 10. The zero-order valence-electron chi connectivity index (χ0n) is 46.5. The number of aromatic nitrogens is 4. The lowest BCUT2D eigenvalue weighted by atomic mass is 9.79. The van der Waals surface area contributed by atoms with E-state index in [-0.39, 0.29) is 11.8 Å². The van der Waals surface area contributed by atoms with Crippen molar-refractivity contribution in [2.75, 3.05) is 72.0 Å². The molecule has 418 valence electrons. The molecule has 0 aliphatic carbocycles. The summed E-state index contributed by atoms with van der Waals surface area (Å²) in [6.45, 7) is 19.3. The van der Waals surface area contributed by atoms with Gasteiger partial charge in [-0.05, 0) is 150 Å². The molecule has 0 N–H and O–H groups in total. The van der Waals surface area contributed by atoms with E-state index in [2.05, 4.69) is 104 Å². The summed E-state index contributed by atoms with van der Waals surface area (Å²) >= 11 is 16.0. The zero-order chi connectivity index (χ0) is 57.0. The van der Waals surface area contributed by atoms with E-state index < -0.39 is 18.3 Å². The topological polar surface area (TPSA) is 124 Å². The predicted molar refractivity (Wildman–Crippen MR) is 331 cm³/mol. The number of hydrogen-bond acceptors (Lipinski definition) is 12. The Balaban J connectivity index is 0.000000135. The molecule has 13 rings (SSSR count). The maximum Gasteiger partial charge on any atom is 0.494 e. The fourth-order valence-corrected chi connectivity index (χ4v) is 11.9. The average molecular weight is 1200 g/mol. The molecule has 5 aliphatic rings. The summed E-state index contributed by atoms with van der Waals surface area (Å²) in [5.41, 5.74) is 11.9. The minimum absolute atomic E-state index is 0.0504. The number of rotatable bonds is 10. The van der Waals surface area contributed by atoms with Gasteiger partial charge in [0.1, 0.15) is 0 Å². The lowest BCUT2D eigenvalue weighted by Crippen LogP contribution is -2.45. The average Bonchev–Trinajstić information content (AvgIpc) is 4.34. The zero-order valence-corrected chi connectivity index (χ0v) is 49.6. The van der Waals surface area contributed by atoms with Crippen LogP contribution in [-0.4, -0.2) is 112 Å². The molecule has 8 aromatic rings. The van der Waals surface area contributed by atoms with Crippen LogP contribution in [-0.2, 0) is 35.5 Å². The minimum Gasteiger partial charge on any atom is -0.399 e. The third-order valence-corrected chi connectivity index (χ3v) is 17.2. The van der Waals surface area contributed by atoms with Gasteiger partial charge in [-0.25, -0.2) is 0 Å². The number of halogens is 3. The van der Waals surface area contributed by atoms with Crippen molar-refractivity contribution in [3.8, 4) is 11.1 Å². The van der Waals surface area contributed by atoms with E-state index in [4.69, 9.17) is 32.5 Å². The molecule has 5 aliphatic heterocycles. The van der Waals surface area contributed by atoms with Crippen LogP contribution in [0.1, 0.15) is 70.7 Å². The van der Waals surface area contributed by atoms with Crippen LogP contribution < -0.4 is 25.1 Å². The maximum atomic E-state index is 13.1. The Hall–Kier alpha value is -7.02. The number of anilines is 4. The van der Waals surface area contributed by atoms with Crippen molar-refractivity contribution < 1.29 is 18.9 Å². The second kappa shape index (κ2) is 24.8. The van der Waals surface area contributed by atoms with Crippen LogP contribution in [0.3, 0.4) is 0 Å². The summed E-state index contributed by atoms with van der Waals surface area (Å²) in [6, 6.07) is 39.7. The Bertz CT molecular complexity index is 3550. The molecular formula is C64H64BBrCl2N10O4. The summed E-state index contributed by atoms with van der Waals surface area (Å²) in [5, 5.41) is 1.01. The van der Waals surface area contributed by atoms with Gasteiger partial charge < -0.3 is 28.9 Å². The smallest absolute Gasteiger partial charge is 0.399 e. The summed E-state index contributed by atoms with van der Waals surface area (Å²) in [5.74, 6) is -0.123. The van der Waals surface area contributed by atoms with Crippen LogP contribution in [0.5, 0.6) is 0 Å². The quantitative estimate of drug-likeness (QED) is 0.121. The number of fused-ring (bicyclic) bond motifs is 2. The molecule has 0 unspecified atom stereocenters. The standard InChI is InChI=1S/C29H26ClN5O.C20H21BClNO3.C15H17BrN4/c30-27-6-2-4-23-20-35(29(36)28(23)27)26-5-1-3-22(16-26)24-15-21(17-32-18-24)19-33-11-13-34(14-12-33)25-7-9-31-10-8-25;1-19(2)20(3,4)26-21(25-19)14-8-6-9-15(11-14)23-12-13-7-5-10-16(22)17(13)18(23)24;16-14-9-13(10-18-11-14)12-19-5-7-20(8-6-19)15-1-3-17-4-2-15/h1-10,15-18H,11-14,19-20H2;5-11H,12H2,1-4H3;1-4,9-11H,5-8,12H2. The molecule has 3 fully saturated rings. The Morgan fingerprint density at radius 3 is 1.46 bits per heavy atom. The van der Waals surface area contributed by atoms with Crippen LogP contribution in [0.15, 0.2) is 175 Å². The van der Waals surface area contributed by atoms with Gasteiger partial charge >= 0.3 is 7.12 Å². The third-order valence-electron chi connectivity index (χ3n) is 16.1. The number of piperazine rings is 2. The highest BCUT2D eigenvalue weighted by Crippen LogP contribution is 2.38. The lowest BCUT2D eigenvalue weighted by Gasteiger charge is -2.36. The van der Waals surface area contributed by atoms with Crippen molar-refractivity contribution in [2.45, 2.75) is 65.1 Å². The first-order valence-electron chi connectivity index (χ1n) is 27.7. The number of pyridine rings is 4. The van der Waals surface area contributed by atoms with Crippen LogP contribution in [0.4, 0.5) is 22.7 Å². The highest BCUT2D eigenvalue weighted by molar-refractivity contribution is 9.10. The Labute approximate surface area is 498 Å². The van der Waals surface area contributed by atoms with E-state index in [0.29, 0.717) is 34.3 Å². The summed E-state index contributed by atoms with van der Waals surface area (Å²) in [6.07, 6.45) is 15.0. The molecule has 3 saturated heterocycles. The van der Waals surface area contributed by atoms with Gasteiger partial charge in [0.05, 0.1) is 45.5 Å². The van der Waals surface area contributed by atoms with Gasteiger partial charge in [-0.15, -0.1) is 0 Å². The first kappa shape index (κ1) is 56.8. The molecule has 0 spiro atoms. The molecule has 14 nitrogen and oxygen atoms in total. The van der Waals surface area contributed by atoms with Crippen molar-refractivity contribution >= 4 is 86.3 Å². The molecule has 4 aromatic carbocycles. The van der Waals surface area contributed by atoms with E-state index in [1.807, 2.05) is 138 Å². The van der Waals surface area contributed by atoms with Crippen molar-refractivity contribution in [1.29, 1.82) is 0 Å². The number of carbonyl (C=O) groups excluding carboxylic acids is 2. The van der Waals surface area contributed by atoms with Gasteiger partial charge in [0, 0.05) is 148 Å². The summed E-state index contributed by atoms with van der Waals surface area (Å²) in [7, 11) is -0.455. The molecule has 0 radical (unpaired) electrons. The normalized spacial score (nSPS) is 17.5. The fourth-order valence-electron chi connectivity index (χ4n) is 11.0. The van der Waals surface area contributed by atoms with Gasteiger partial charge in [0.25, 0.3) is 11.8 Å². The van der Waals surface area contributed by atoms with Gasteiger partial charge in [0.2, 0.25) is 0 Å². The van der Waals surface area contributed by atoms with E-state index >= 15 is 0 Å². The third kappa shape index (κ3) is 12.8. The Morgan fingerprint density at radius 2 is 0.963 bits per heavy atom. The Kier molecular flexibility index (Phi) is 17.2. The van der Waals surface area contributed by atoms with E-state index in [1.54, 1.807) is 21.9 Å². The van der Waals surface area contributed by atoms with Crippen molar-refractivity contribution in [1.82, 2.24) is 29.7 Å². The maximum absolute atomic E-state index is 13.1. The second-order valence-corrected chi connectivity index (χ2v) is 23.8. The lowest BCUT2D eigenvalue weighted by molar-refractivity contribution is 0.00578. The van der Waals surface area contributed by atoms with E-state index in [1.165, 1.54) is 22.5 Å². The first-order valence-corrected chi connectivity index (χ1v) is 29.2. The highest BCUT2D eigenvalue weighted by atomic mass is 79.9. The number of carbonyl (C=O) groups is 2. The molecule has 4 aromatic heterocycles. The second-order valence-electron chi connectivity index (χ2n) is 22.1. The monoisotopic (exact) mass is 1200 g/mol. The van der Waals surface area contributed by atoms with E-state index in [0.717, 1.165) is 109 Å². The number of amides is 2. The van der Waals surface area contributed by atoms with Gasteiger partial charge in [-0.1, -0.05) is 71.7 Å². The first-order chi connectivity index (χ1) is 39.7. The summed E-state index contributed by atoms with van der Waals surface area (Å²) < 4.78 is 13.3. The largest absolute Gasteiger partial charge is 0.494 e. The van der Waals surface area contributed by atoms with Crippen LogP contribution in [0.25, 0.3) is 11.1 Å². The van der Waals surface area contributed by atoms with E-state index in [9.17, 15) is 9.59 Å². The fraction of sp³-hybridized carbons (Fsp3) is 0.281. The van der Waals surface area contributed by atoms with Gasteiger partial charge in [-0.3, -0.25) is 39.3 Å². The molecular weight excluding hydrogens is 1130 g/mol. The molecule has 82 heavy (non-hydrogen) atoms. The van der Waals surface area contributed by atoms with Crippen LogP contribution in [0.2, 0.25) is 10.0 Å². The minimum atomic E-state index is -0.455. The molecule has 0 saturated carbocycles. The predicted octanol–water partition coefficient (Wildman–Crippen LogP) is 11.6. The van der Waals surface area contributed by atoms with Crippen molar-refractivity contribution in [3.05, 3.63) is 219 Å². The van der Waals surface area contributed by atoms with Gasteiger partial charge in [-0.2, -0.15) is 0 Å². The van der Waals surface area contributed by atoms with Crippen molar-refractivity contribution in [3.63, 3.8) is 0 Å². The van der Waals surface area contributed by atoms with Crippen molar-refractivity contribution in [2.24, 2.45) is 0 Å².